The summed E-state index contributed by atoms with van der Waals surface area (Å²) in [6, 6.07) is 8.24. The molecule has 1 amide bonds. The first-order chi connectivity index (χ1) is 11.4. The van der Waals surface area contributed by atoms with Gasteiger partial charge in [0.1, 0.15) is 5.70 Å². The number of benzene rings is 1. The van der Waals surface area contributed by atoms with Crippen LogP contribution in [0.2, 0.25) is 0 Å². The zero-order chi connectivity index (χ0) is 17.7. The van der Waals surface area contributed by atoms with Gasteiger partial charge in [0.25, 0.3) is 5.91 Å². The van der Waals surface area contributed by atoms with E-state index in [1.807, 2.05) is 34.1 Å². The number of rotatable bonds is 6. The molecule has 0 unspecified atom stereocenters. The van der Waals surface area contributed by atoms with Crippen LogP contribution < -0.4 is 10.2 Å². The van der Waals surface area contributed by atoms with Gasteiger partial charge in [-0.15, -0.1) is 0 Å². The minimum Gasteiger partial charge on any atom is -0.383 e. The Morgan fingerprint density at radius 2 is 1.83 bits per heavy atom. The largest absolute Gasteiger partial charge is 0.383 e. The highest BCUT2D eigenvalue weighted by Gasteiger charge is 2.18. The van der Waals surface area contributed by atoms with Crippen molar-refractivity contribution in [3.05, 3.63) is 59.3 Å². The summed E-state index contributed by atoms with van der Waals surface area (Å²) in [5, 5.41) is 3.09. The van der Waals surface area contributed by atoms with Crippen molar-refractivity contribution < 1.29 is 4.79 Å². The van der Waals surface area contributed by atoms with Crippen LogP contribution in [0.25, 0.3) is 5.57 Å². The number of anilines is 1. The SMILES string of the molecule is CN/C(C(=O)N(C)CC1=CC=CC1)=C(/C)c1ccc(N(C)C)cc1. The van der Waals surface area contributed by atoms with E-state index in [-0.39, 0.29) is 5.91 Å². The molecule has 0 heterocycles. The average molecular weight is 325 g/mol. The molecule has 1 N–H and O–H groups in total. The molecular formula is C20H27N3O. The molecule has 0 atom stereocenters. The fraction of sp³-hybridized carbons (Fsp3) is 0.350. The first-order valence-corrected chi connectivity index (χ1v) is 8.20. The van der Waals surface area contributed by atoms with Gasteiger partial charge in [-0.1, -0.05) is 30.4 Å². The first-order valence-electron chi connectivity index (χ1n) is 8.20. The molecule has 0 aliphatic heterocycles. The van der Waals surface area contributed by atoms with Gasteiger partial charge in [0.05, 0.1) is 0 Å². The predicted octanol–water partition coefficient (Wildman–Crippen LogP) is 3.05. The van der Waals surface area contributed by atoms with Crippen LogP contribution in [0.3, 0.4) is 0 Å². The number of hydrogen-bond acceptors (Lipinski definition) is 3. The summed E-state index contributed by atoms with van der Waals surface area (Å²) in [5.41, 5.74) is 5.05. The molecule has 0 fully saturated rings. The van der Waals surface area contributed by atoms with Crippen LogP contribution in [-0.2, 0) is 4.79 Å². The van der Waals surface area contributed by atoms with Crippen LogP contribution in [0.4, 0.5) is 5.69 Å². The van der Waals surface area contributed by atoms with Crippen LogP contribution in [0.15, 0.2) is 53.8 Å². The van der Waals surface area contributed by atoms with Crippen molar-refractivity contribution in [1.29, 1.82) is 0 Å². The Morgan fingerprint density at radius 3 is 2.33 bits per heavy atom. The lowest BCUT2D eigenvalue weighted by Crippen LogP contribution is -2.34. The molecule has 1 aromatic carbocycles. The van der Waals surface area contributed by atoms with Crippen LogP contribution in [0, 0.1) is 0 Å². The molecule has 0 radical (unpaired) electrons. The Morgan fingerprint density at radius 1 is 1.17 bits per heavy atom. The lowest BCUT2D eigenvalue weighted by Gasteiger charge is -2.21. The number of allylic oxidation sites excluding steroid dienone is 4. The molecule has 0 bridgehead atoms. The molecule has 0 saturated heterocycles. The topological polar surface area (TPSA) is 35.6 Å². The molecule has 2 rings (SSSR count). The van der Waals surface area contributed by atoms with E-state index in [1.165, 1.54) is 5.57 Å². The fourth-order valence-electron chi connectivity index (χ4n) is 2.78. The van der Waals surface area contributed by atoms with Crippen molar-refractivity contribution in [2.24, 2.45) is 0 Å². The molecule has 1 aromatic rings. The standard InChI is InChI=1S/C20H27N3O/c1-15(17-10-12-18(13-11-17)22(3)4)19(21-2)20(24)23(5)14-16-8-6-7-9-16/h6-8,10-13,21H,9,14H2,1-5H3/b19-15-. The van der Waals surface area contributed by atoms with Gasteiger partial charge in [0, 0.05) is 40.4 Å². The van der Waals surface area contributed by atoms with Gasteiger partial charge in [0.15, 0.2) is 0 Å². The third-order valence-corrected chi connectivity index (χ3v) is 4.29. The van der Waals surface area contributed by atoms with Crippen LogP contribution in [0.5, 0.6) is 0 Å². The highest BCUT2D eigenvalue weighted by molar-refractivity contribution is 6.00. The lowest BCUT2D eigenvalue weighted by atomic mass is 10.0. The Balaban J connectivity index is 2.19. The maximum atomic E-state index is 12.8. The van der Waals surface area contributed by atoms with E-state index in [9.17, 15) is 4.79 Å². The smallest absolute Gasteiger partial charge is 0.270 e. The van der Waals surface area contributed by atoms with Gasteiger partial charge in [-0.25, -0.2) is 0 Å². The lowest BCUT2D eigenvalue weighted by molar-refractivity contribution is -0.125. The van der Waals surface area contributed by atoms with Crippen molar-refractivity contribution in [3.63, 3.8) is 0 Å². The zero-order valence-electron chi connectivity index (χ0n) is 15.3. The molecule has 1 aliphatic carbocycles. The van der Waals surface area contributed by atoms with Crippen molar-refractivity contribution in [1.82, 2.24) is 10.2 Å². The third-order valence-electron chi connectivity index (χ3n) is 4.29. The number of hydrogen-bond donors (Lipinski definition) is 1. The van der Waals surface area contributed by atoms with Crippen molar-refractivity contribution in [3.8, 4) is 0 Å². The normalized spacial score (nSPS) is 14.1. The van der Waals surface area contributed by atoms with E-state index in [2.05, 4.69) is 46.6 Å². The number of likely N-dealkylation sites (N-methyl/N-ethyl adjacent to an activating group) is 2. The number of carbonyl (C=O) groups is 1. The van der Waals surface area contributed by atoms with Gasteiger partial charge in [0.2, 0.25) is 0 Å². The first kappa shape index (κ1) is 17.9. The van der Waals surface area contributed by atoms with Gasteiger partial charge in [-0.3, -0.25) is 4.79 Å². The average Bonchev–Trinajstić information content (AvgIpc) is 3.08. The van der Waals surface area contributed by atoms with E-state index in [4.69, 9.17) is 0 Å². The second-order valence-electron chi connectivity index (χ2n) is 6.31. The van der Waals surface area contributed by atoms with E-state index in [1.54, 1.807) is 11.9 Å². The van der Waals surface area contributed by atoms with Gasteiger partial charge < -0.3 is 15.1 Å². The quantitative estimate of drug-likeness (QED) is 0.817. The number of nitrogens with one attached hydrogen (secondary N) is 1. The molecular weight excluding hydrogens is 298 g/mol. The summed E-state index contributed by atoms with van der Waals surface area (Å²) in [6.45, 7) is 2.64. The fourth-order valence-corrected chi connectivity index (χ4v) is 2.78. The van der Waals surface area contributed by atoms with Crippen molar-refractivity contribution in [2.75, 3.05) is 39.6 Å². The molecule has 128 valence electrons. The molecule has 24 heavy (non-hydrogen) atoms. The molecule has 1 aliphatic rings. The van der Waals surface area contributed by atoms with E-state index >= 15 is 0 Å². The maximum absolute atomic E-state index is 12.8. The van der Waals surface area contributed by atoms with Crippen molar-refractivity contribution >= 4 is 17.2 Å². The molecule has 4 nitrogen and oxygen atoms in total. The van der Waals surface area contributed by atoms with Gasteiger partial charge in [-0.05, 0) is 42.2 Å². The highest BCUT2D eigenvalue weighted by atomic mass is 16.2. The Bertz CT molecular complexity index is 681. The summed E-state index contributed by atoms with van der Waals surface area (Å²) >= 11 is 0. The van der Waals surface area contributed by atoms with E-state index < -0.39 is 0 Å². The molecule has 0 spiro atoms. The Hall–Kier alpha value is -2.49. The van der Waals surface area contributed by atoms with Crippen LogP contribution in [0.1, 0.15) is 18.9 Å². The zero-order valence-corrected chi connectivity index (χ0v) is 15.3. The second-order valence-corrected chi connectivity index (χ2v) is 6.31. The number of carbonyl (C=O) groups excluding carboxylic acids is 1. The summed E-state index contributed by atoms with van der Waals surface area (Å²) in [6.07, 6.45) is 7.17. The summed E-state index contributed by atoms with van der Waals surface area (Å²) in [5.74, 6) is 0.0134. The maximum Gasteiger partial charge on any atom is 0.270 e. The Labute approximate surface area is 145 Å². The summed E-state index contributed by atoms with van der Waals surface area (Å²) in [7, 11) is 7.68. The molecule has 4 heteroatoms. The highest BCUT2D eigenvalue weighted by Crippen LogP contribution is 2.22. The monoisotopic (exact) mass is 325 g/mol. The van der Waals surface area contributed by atoms with Gasteiger partial charge >= 0.3 is 0 Å². The Kier molecular flexibility index (Phi) is 5.85. The van der Waals surface area contributed by atoms with Crippen LogP contribution >= 0.6 is 0 Å². The number of amides is 1. The minimum absolute atomic E-state index is 0.0134. The van der Waals surface area contributed by atoms with Gasteiger partial charge in [-0.2, -0.15) is 0 Å². The number of nitrogens with zero attached hydrogens (tertiary/aromatic N) is 2. The van der Waals surface area contributed by atoms with Crippen molar-refractivity contribution in [2.45, 2.75) is 13.3 Å². The second kappa shape index (κ2) is 7.86. The van der Waals surface area contributed by atoms with E-state index in [0.717, 1.165) is 23.2 Å². The summed E-state index contributed by atoms with van der Waals surface area (Å²) < 4.78 is 0. The molecule has 0 aromatic heterocycles. The summed E-state index contributed by atoms with van der Waals surface area (Å²) in [4.78, 5) is 16.6. The third kappa shape index (κ3) is 4.07. The predicted molar refractivity (Wildman–Crippen MR) is 102 cm³/mol. The molecule has 0 saturated carbocycles. The minimum atomic E-state index is 0.0134. The van der Waals surface area contributed by atoms with Crippen LogP contribution in [-0.4, -0.2) is 45.5 Å². The van der Waals surface area contributed by atoms with E-state index in [0.29, 0.717) is 12.2 Å².